The van der Waals surface area contributed by atoms with E-state index in [1.54, 1.807) is 0 Å². The third-order valence-corrected chi connectivity index (χ3v) is 5.73. The lowest BCUT2D eigenvalue weighted by Crippen LogP contribution is -2.26. The van der Waals surface area contributed by atoms with Gasteiger partial charge in [-0.05, 0) is 24.3 Å². The van der Waals surface area contributed by atoms with Gasteiger partial charge >= 0.3 is 0 Å². The van der Waals surface area contributed by atoms with E-state index >= 15 is 0 Å². The maximum atomic E-state index is 2.38. The molecular formula is C15H15NS2. The molecule has 1 heterocycles. The standard InChI is InChI=1S/C15H15NS2/c1-16-13-9-5-6-10-14(13)18-15(16)11-17-12-7-3-2-4-8-12/h2-10,15H,11H2,1H3/t15-/m1/s1. The van der Waals surface area contributed by atoms with Crippen molar-refractivity contribution in [3.05, 3.63) is 54.6 Å². The molecule has 0 N–H and O–H groups in total. The fourth-order valence-electron chi connectivity index (χ4n) is 2.06. The van der Waals surface area contributed by atoms with Crippen molar-refractivity contribution >= 4 is 29.2 Å². The third kappa shape index (κ3) is 2.38. The van der Waals surface area contributed by atoms with E-state index in [9.17, 15) is 0 Å². The molecule has 0 radical (unpaired) electrons. The number of nitrogens with zero attached hydrogens (tertiary/aromatic N) is 1. The van der Waals surface area contributed by atoms with Crippen molar-refractivity contribution in [2.24, 2.45) is 0 Å². The lowest BCUT2D eigenvalue weighted by molar-refractivity contribution is 0.933. The largest absolute Gasteiger partial charge is 0.360 e. The van der Waals surface area contributed by atoms with E-state index < -0.39 is 0 Å². The van der Waals surface area contributed by atoms with E-state index in [-0.39, 0.29) is 0 Å². The van der Waals surface area contributed by atoms with Crippen LogP contribution < -0.4 is 4.90 Å². The van der Waals surface area contributed by atoms with Gasteiger partial charge in [-0.3, -0.25) is 0 Å². The molecule has 18 heavy (non-hydrogen) atoms. The van der Waals surface area contributed by atoms with E-state index in [0.717, 1.165) is 5.75 Å². The maximum absolute atomic E-state index is 2.38. The first-order valence-corrected chi connectivity index (χ1v) is 7.87. The smallest absolute Gasteiger partial charge is 0.0888 e. The van der Waals surface area contributed by atoms with E-state index in [1.807, 2.05) is 23.5 Å². The van der Waals surface area contributed by atoms with Crippen LogP contribution in [0.5, 0.6) is 0 Å². The molecule has 0 aliphatic carbocycles. The molecule has 0 saturated heterocycles. The highest BCUT2D eigenvalue weighted by atomic mass is 32.2. The van der Waals surface area contributed by atoms with Crippen LogP contribution in [0.3, 0.4) is 0 Å². The lowest BCUT2D eigenvalue weighted by atomic mass is 10.3. The van der Waals surface area contributed by atoms with Gasteiger partial charge in [0.1, 0.15) is 0 Å². The molecule has 0 spiro atoms. The Morgan fingerprint density at radius 3 is 2.56 bits per heavy atom. The van der Waals surface area contributed by atoms with Crippen molar-refractivity contribution in [2.45, 2.75) is 15.2 Å². The number of hydrogen-bond donors (Lipinski definition) is 0. The van der Waals surface area contributed by atoms with Crippen LogP contribution in [0.4, 0.5) is 5.69 Å². The minimum Gasteiger partial charge on any atom is -0.360 e. The summed E-state index contributed by atoms with van der Waals surface area (Å²) in [5, 5.41) is 0.535. The van der Waals surface area contributed by atoms with Gasteiger partial charge in [0.05, 0.1) is 11.1 Å². The molecule has 0 amide bonds. The predicted molar refractivity (Wildman–Crippen MR) is 81.7 cm³/mol. The van der Waals surface area contributed by atoms with Crippen molar-refractivity contribution in [1.29, 1.82) is 0 Å². The molecule has 1 aliphatic heterocycles. The molecule has 1 aliphatic rings. The van der Waals surface area contributed by atoms with Crippen LogP contribution in [-0.4, -0.2) is 18.2 Å². The molecule has 3 heteroatoms. The Kier molecular flexibility index (Phi) is 3.52. The van der Waals surface area contributed by atoms with Crippen LogP contribution in [0.2, 0.25) is 0 Å². The molecule has 3 rings (SSSR count). The molecule has 0 bridgehead atoms. The first-order chi connectivity index (χ1) is 8.84. The van der Waals surface area contributed by atoms with Crippen molar-refractivity contribution in [3.63, 3.8) is 0 Å². The first-order valence-electron chi connectivity index (χ1n) is 6.01. The summed E-state index contributed by atoms with van der Waals surface area (Å²) in [5.41, 5.74) is 1.36. The zero-order valence-corrected chi connectivity index (χ0v) is 11.9. The van der Waals surface area contributed by atoms with E-state index in [0.29, 0.717) is 5.37 Å². The fourth-order valence-corrected chi connectivity index (χ4v) is 4.50. The SMILES string of the molecule is CN1c2ccccc2S[C@@H]1CSc1ccccc1. The summed E-state index contributed by atoms with van der Waals surface area (Å²) in [4.78, 5) is 5.14. The van der Waals surface area contributed by atoms with Gasteiger partial charge < -0.3 is 4.90 Å². The van der Waals surface area contributed by atoms with E-state index in [1.165, 1.54) is 15.5 Å². The number of fused-ring (bicyclic) bond motifs is 1. The Morgan fingerprint density at radius 1 is 1.06 bits per heavy atom. The summed E-state index contributed by atoms with van der Waals surface area (Å²) < 4.78 is 0. The predicted octanol–water partition coefficient (Wildman–Crippen LogP) is 4.35. The first kappa shape index (κ1) is 12.0. The number of hydrogen-bond acceptors (Lipinski definition) is 3. The minimum absolute atomic E-state index is 0.535. The van der Waals surface area contributed by atoms with Gasteiger partial charge in [0.25, 0.3) is 0 Å². The molecule has 2 aromatic carbocycles. The molecular weight excluding hydrogens is 258 g/mol. The van der Waals surface area contributed by atoms with Crippen LogP contribution in [0, 0.1) is 0 Å². The van der Waals surface area contributed by atoms with Crippen LogP contribution in [0.15, 0.2) is 64.4 Å². The van der Waals surface area contributed by atoms with E-state index in [4.69, 9.17) is 0 Å². The summed E-state index contributed by atoms with van der Waals surface area (Å²) in [7, 11) is 2.19. The average Bonchev–Trinajstić information content (AvgIpc) is 2.75. The van der Waals surface area contributed by atoms with Crippen molar-refractivity contribution < 1.29 is 0 Å². The monoisotopic (exact) mass is 273 g/mol. The summed E-state index contributed by atoms with van der Waals surface area (Å²) in [6.07, 6.45) is 0. The molecule has 2 aromatic rings. The third-order valence-electron chi connectivity index (χ3n) is 3.08. The second-order valence-corrected chi connectivity index (χ2v) is 6.59. The Bertz CT molecular complexity index is 527. The summed E-state index contributed by atoms with van der Waals surface area (Å²) in [6, 6.07) is 19.3. The van der Waals surface area contributed by atoms with Gasteiger partial charge in [-0.2, -0.15) is 0 Å². The Morgan fingerprint density at radius 2 is 1.78 bits per heavy atom. The number of thioether (sulfide) groups is 2. The molecule has 1 nitrogen and oxygen atoms in total. The highest BCUT2D eigenvalue weighted by Crippen LogP contribution is 2.43. The van der Waals surface area contributed by atoms with Crippen LogP contribution in [0.25, 0.3) is 0 Å². The number of anilines is 1. The second kappa shape index (κ2) is 5.29. The van der Waals surface area contributed by atoms with Crippen molar-refractivity contribution in [3.8, 4) is 0 Å². The van der Waals surface area contributed by atoms with Crippen LogP contribution in [0.1, 0.15) is 0 Å². The van der Waals surface area contributed by atoms with Gasteiger partial charge in [0.2, 0.25) is 0 Å². The van der Waals surface area contributed by atoms with Crippen LogP contribution in [-0.2, 0) is 0 Å². The molecule has 92 valence electrons. The minimum atomic E-state index is 0.535. The molecule has 0 fully saturated rings. The maximum Gasteiger partial charge on any atom is 0.0888 e. The van der Waals surface area contributed by atoms with Gasteiger partial charge in [0, 0.05) is 22.6 Å². The zero-order valence-electron chi connectivity index (χ0n) is 10.2. The second-order valence-electron chi connectivity index (χ2n) is 4.28. The summed E-state index contributed by atoms with van der Waals surface area (Å²) >= 11 is 3.90. The van der Waals surface area contributed by atoms with Crippen LogP contribution >= 0.6 is 23.5 Å². The average molecular weight is 273 g/mol. The molecule has 0 unspecified atom stereocenters. The van der Waals surface area contributed by atoms with Crippen molar-refractivity contribution in [1.82, 2.24) is 0 Å². The van der Waals surface area contributed by atoms with Gasteiger partial charge in [-0.25, -0.2) is 0 Å². The quantitative estimate of drug-likeness (QED) is 0.766. The topological polar surface area (TPSA) is 3.24 Å². The van der Waals surface area contributed by atoms with E-state index in [2.05, 4.69) is 66.5 Å². The Hall–Kier alpha value is -1.06. The molecule has 0 saturated carbocycles. The Labute approximate surface area is 117 Å². The van der Waals surface area contributed by atoms with Gasteiger partial charge in [0.15, 0.2) is 0 Å². The molecule has 0 aromatic heterocycles. The number of rotatable bonds is 3. The normalized spacial score (nSPS) is 17.8. The highest BCUT2D eigenvalue weighted by molar-refractivity contribution is 8.03. The van der Waals surface area contributed by atoms with Gasteiger partial charge in [-0.1, -0.05) is 42.1 Å². The molecule has 1 atom stereocenters. The zero-order chi connectivity index (χ0) is 12.4. The number of benzene rings is 2. The highest BCUT2D eigenvalue weighted by Gasteiger charge is 2.26. The van der Waals surface area contributed by atoms with Crippen molar-refractivity contribution in [2.75, 3.05) is 17.7 Å². The Balaban J connectivity index is 1.66. The lowest BCUT2D eigenvalue weighted by Gasteiger charge is -2.21. The summed E-state index contributed by atoms with van der Waals surface area (Å²) in [5.74, 6) is 1.11. The van der Waals surface area contributed by atoms with Gasteiger partial charge in [-0.15, -0.1) is 11.8 Å². The summed E-state index contributed by atoms with van der Waals surface area (Å²) in [6.45, 7) is 0. The fraction of sp³-hybridized carbons (Fsp3) is 0.200. The number of para-hydroxylation sites is 1.